The second-order valence-electron chi connectivity index (χ2n) is 5.44. The Morgan fingerprint density at radius 3 is 2.55 bits per heavy atom. The molecule has 2 aromatic heterocycles. The van der Waals surface area contributed by atoms with E-state index in [0.717, 1.165) is 19.3 Å². The summed E-state index contributed by atoms with van der Waals surface area (Å²) in [4.78, 5) is 41.1. The monoisotopic (exact) mass is 306 g/mol. The lowest BCUT2D eigenvalue weighted by atomic mass is 10.2. The molecular formula is C15H22N4O3. The molecule has 2 heterocycles. The largest absolute Gasteiger partial charge is 0.332 e. The summed E-state index contributed by atoms with van der Waals surface area (Å²) in [6, 6.07) is 0. The topological polar surface area (TPSA) is 78.9 Å². The van der Waals surface area contributed by atoms with Gasteiger partial charge in [-0.1, -0.05) is 26.7 Å². The van der Waals surface area contributed by atoms with Crippen LogP contribution in [0.15, 0.2) is 15.9 Å². The van der Waals surface area contributed by atoms with E-state index in [0.29, 0.717) is 19.4 Å². The molecule has 0 saturated carbocycles. The van der Waals surface area contributed by atoms with Gasteiger partial charge in [0, 0.05) is 20.0 Å². The summed E-state index contributed by atoms with van der Waals surface area (Å²) in [6.45, 7) is 4.29. The molecule has 2 rings (SSSR count). The van der Waals surface area contributed by atoms with Crippen molar-refractivity contribution in [1.82, 2.24) is 18.7 Å². The lowest BCUT2D eigenvalue weighted by Crippen LogP contribution is -2.39. The molecule has 22 heavy (non-hydrogen) atoms. The molecule has 0 aliphatic heterocycles. The van der Waals surface area contributed by atoms with Gasteiger partial charge in [0.05, 0.1) is 0 Å². The van der Waals surface area contributed by atoms with Gasteiger partial charge in [-0.3, -0.25) is 23.3 Å². The highest BCUT2D eigenvalue weighted by atomic mass is 16.2. The molecule has 7 nitrogen and oxygen atoms in total. The number of imidazole rings is 1. The van der Waals surface area contributed by atoms with Gasteiger partial charge < -0.3 is 0 Å². The smallest absolute Gasteiger partial charge is 0.279 e. The van der Waals surface area contributed by atoms with E-state index in [1.165, 1.54) is 20.0 Å². The van der Waals surface area contributed by atoms with Crippen molar-refractivity contribution < 1.29 is 4.79 Å². The summed E-state index contributed by atoms with van der Waals surface area (Å²) in [7, 11) is 1.56. The number of fused-ring (bicyclic) bond motifs is 1. The number of aryl methyl sites for hydroxylation is 1. The average molecular weight is 306 g/mol. The molecule has 2 aromatic rings. The molecule has 0 N–H and O–H groups in total. The minimum absolute atomic E-state index is 0.158. The normalized spacial score (nSPS) is 11.2. The molecular weight excluding hydrogens is 284 g/mol. The Balaban J connectivity index is 2.57. The van der Waals surface area contributed by atoms with Gasteiger partial charge in [-0.15, -0.1) is 0 Å². The van der Waals surface area contributed by atoms with Crippen LogP contribution in [0.3, 0.4) is 0 Å². The second kappa shape index (κ2) is 6.72. The third kappa shape index (κ3) is 2.75. The van der Waals surface area contributed by atoms with E-state index in [9.17, 15) is 14.4 Å². The third-order valence-corrected chi connectivity index (χ3v) is 3.74. The number of hydrogen-bond acceptors (Lipinski definition) is 4. The molecule has 7 heteroatoms. The summed E-state index contributed by atoms with van der Waals surface area (Å²) >= 11 is 0. The fourth-order valence-electron chi connectivity index (χ4n) is 2.53. The molecule has 0 aliphatic rings. The molecule has 0 fully saturated rings. The summed E-state index contributed by atoms with van der Waals surface area (Å²) in [5, 5.41) is 0. The lowest BCUT2D eigenvalue weighted by Gasteiger charge is -2.08. The number of hydrogen-bond donors (Lipinski definition) is 0. The van der Waals surface area contributed by atoms with Gasteiger partial charge in [-0.25, -0.2) is 9.78 Å². The van der Waals surface area contributed by atoms with E-state index in [2.05, 4.69) is 11.9 Å². The quantitative estimate of drug-likeness (QED) is 0.758. The Labute approximate surface area is 128 Å². The molecule has 0 atom stereocenters. The standard InChI is InChI=1S/C15H22N4O3/c1-4-6-7-8-11(20)19-10-16-13-12(19)14(21)18(9-5-2)15(22)17(13)3/h10H,4-9H2,1-3H3. The van der Waals surface area contributed by atoms with Crippen LogP contribution in [-0.2, 0) is 13.6 Å². The highest BCUT2D eigenvalue weighted by Gasteiger charge is 2.18. The predicted octanol–water partition coefficient (Wildman–Crippen LogP) is 1.53. The van der Waals surface area contributed by atoms with E-state index in [-0.39, 0.29) is 17.1 Å². The Morgan fingerprint density at radius 2 is 1.91 bits per heavy atom. The zero-order chi connectivity index (χ0) is 16.3. The van der Waals surface area contributed by atoms with E-state index in [4.69, 9.17) is 0 Å². The van der Waals surface area contributed by atoms with Gasteiger partial charge in [0.25, 0.3) is 5.56 Å². The highest BCUT2D eigenvalue weighted by molar-refractivity contribution is 5.88. The number of carbonyl (C=O) groups excluding carboxylic acids is 1. The Kier molecular flexibility index (Phi) is 4.95. The van der Waals surface area contributed by atoms with Crippen LogP contribution in [0.4, 0.5) is 0 Å². The highest BCUT2D eigenvalue weighted by Crippen LogP contribution is 2.09. The Morgan fingerprint density at radius 1 is 1.18 bits per heavy atom. The Bertz CT molecular complexity index is 797. The average Bonchev–Trinajstić information content (AvgIpc) is 2.95. The molecule has 0 unspecified atom stereocenters. The first-order chi connectivity index (χ1) is 10.5. The van der Waals surface area contributed by atoms with Gasteiger partial charge in [-0.05, 0) is 12.8 Å². The second-order valence-corrected chi connectivity index (χ2v) is 5.44. The number of carbonyl (C=O) groups is 1. The van der Waals surface area contributed by atoms with Crippen LogP contribution in [0.2, 0.25) is 0 Å². The summed E-state index contributed by atoms with van der Waals surface area (Å²) in [5.74, 6) is -0.158. The van der Waals surface area contributed by atoms with Crippen molar-refractivity contribution in [2.75, 3.05) is 0 Å². The van der Waals surface area contributed by atoms with Gasteiger partial charge in [-0.2, -0.15) is 0 Å². The van der Waals surface area contributed by atoms with Crippen LogP contribution in [0, 0.1) is 0 Å². The van der Waals surface area contributed by atoms with Crippen molar-refractivity contribution in [3.63, 3.8) is 0 Å². The van der Waals surface area contributed by atoms with Crippen molar-refractivity contribution in [1.29, 1.82) is 0 Å². The molecule has 0 spiro atoms. The first-order valence-electron chi connectivity index (χ1n) is 7.73. The van der Waals surface area contributed by atoms with Crippen molar-refractivity contribution in [2.24, 2.45) is 7.05 Å². The van der Waals surface area contributed by atoms with E-state index in [1.54, 1.807) is 7.05 Å². The molecule has 0 bridgehead atoms. The van der Waals surface area contributed by atoms with Gasteiger partial charge in [0.1, 0.15) is 6.33 Å². The zero-order valence-electron chi connectivity index (χ0n) is 13.3. The predicted molar refractivity (Wildman–Crippen MR) is 84.3 cm³/mol. The number of rotatable bonds is 6. The van der Waals surface area contributed by atoms with Crippen molar-refractivity contribution in [3.8, 4) is 0 Å². The zero-order valence-corrected chi connectivity index (χ0v) is 13.3. The van der Waals surface area contributed by atoms with Crippen LogP contribution < -0.4 is 11.2 Å². The molecule has 0 aliphatic carbocycles. The van der Waals surface area contributed by atoms with Crippen molar-refractivity contribution in [2.45, 2.75) is 52.5 Å². The molecule has 0 aromatic carbocycles. The SMILES string of the molecule is CCCCCC(=O)n1cnc2c1c(=O)n(CCC)c(=O)n2C. The minimum Gasteiger partial charge on any atom is -0.279 e. The molecule has 0 amide bonds. The lowest BCUT2D eigenvalue weighted by molar-refractivity contribution is 0.0903. The van der Waals surface area contributed by atoms with Crippen molar-refractivity contribution >= 4 is 17.1 Å². The van der Waals surface area contributed by atoms with Crippen LogP contribution >= 0.6 is 0 Å². The maximum absolute atomic E-state index is 12.5. The number of unbranched alkanes of at least 4 members (excludes halogenated alkanes) is 2. The van der Waals surface area contributed by atoms with Crippen LogP contribution in [0.25, 0.3) is 11.2 Å². The van der Waals surface area contributed by atoms with E-state index < -0.39 is 11.2 Å². The number of aromatic nitrogens is 4. The minimum atomic E-state index is -0.443. The maximum atomic E-state index is 12.5. The van der Waals surface area contributed by atoms with Crippen molar-refractivity contribution in [3.05, 3.63) is 27.2 Å². The molecule has 0 saturated heterocycles. The van der Waals surface area contributed by atoms with Gasteiger partial charge in [0.2, 0.25) is 5.91 Å². The van der Waals surface area contributed by atoms with Crippen LogP contribution in [-0.4, -0.2) is 24.6 Å². The fourth-order valence-corrected chi connectivity index (χ4v) is 2.53. The summed E-state index contributed by atoms with van der Waals surface area (Å²) in [5.41, 5.74) is -0.396. The Hall–Kier alpha value is -2.18. The maximum Gasteiger partial charge on any atom is 0.332 e. The third-order valence-electron chi connectivity index (χ3n) is 3.74. The summed E-state index contributed by atoms with van der Waals surface area (Å²) < 4.78 is 3.78. The number of nitrogens with zero attached hydrogens (tertiary/aromatic N) is 4. The molecule has 120 valence electrons. The van der Waals surface area contributed by atoms with Crippen LogP contribution in [0.1, 0.15) is 50.7 Å². The van der Waals surface area contributed by atoms with E-state index in [1.807, 2.05) is 6.92 Å². The van der Waals surface area contributed by atoms with Gasteiger partial charge >= 0.3 is 5.69 Å². The van der Waals surface area contributed by atoms with Gasteiger partial charge in [0.15, 0.2) is 11.2 Å². The first-order valence-corrected chi connectivity index (χ1v) is 7.73. The first kappa shape index (κ1) is 16.2. The summed E-state index contributed by atoms with van der Waals surface area (Å²) in [6.07, 6.45) is 5.15. The van der Waals surface area contributed by atoms with Crippen LogP contribution in [0.5, 0.6) is 0 Å². The molecule has 0 radical (unpaired) electrons. The van der Waals surface area contributed by atoms with E-state index >= 15 is 0 Å². The fraction of sp³-hybridized carbons (Fsp3) is 0.600.